The largest absolute Gasteiger partial charge is 0.472 e. The Labute approximate surface area is 549 Å². The van der Waals surface area contributed by atoms with Crippen molar-refractivity contribution in [3.05, 3.63) is 0 Å². The van der Waals surface area contributed by atoms with Crippen molar-refractivity contribution in [1.29, 1.82) is 0 Å². The average molecular weight is 1330 g/mol. The van der Waals surface area contributed by atoms with Gasteiger partial charge in [-0.2, -0.15) is 0 Å². The van der Waals surface area contributed by atoms with E-state index in [1.807, 2.05) is 0 Å². The third-order valence-electron chi connectivity index (χ3n) is 16.3. The van der Waals surface area contributed by atoms with E-state index in [0.29, 0.717) is 31.6 Å². The lowest BCUT2D eigenvalue weighted by Crippen LogP contribution is -2.30. The number of aliphatic hydroxyl groups excluding tert-OH is 1. The Morgan fingerprint density at radius 2 is 0.467 bits per heavy atom. The number of unbranched alkanes of at least 4 members (excludes halogenated alkanes) is 34. The van der Waals surface area contributed by atoms with Crippen LogP contribution in [0.1, 0.15) is 351 Å². The van der Waals surface area contributed by atoms with Gasteiger partial charge in [-0.1, -0.05) is 299 Å². The summed E-state index contributed by atoms with van der Waals surface area (Å²) >= 11 is 0. The Kier molecular flexibility index (Phi) is 59.4. The Morgan fingerprint density at radius 1 is 0.278 bits per heavy atom. The molecular formula is C71H138O17P2. The zero-order valence-corrected chi connectivity index (χ0v) is 60.6. The number of hydrogen-bond acceptors (Lipinski definition) is 15. The second-order valence-corrected chi connectivity index (χ2v) is 30.4. The number of phosphoric ester groups is 2. The highest BCUT2D eigenvalue weighted by molar-refractivity contribution is 7.47. The molecular weight excluding hydrogens is 1190 g/mol. The molecule has 0 aromatic heterocycles. The molecule has 0 saturated heterocycles. The number of carbonyl (C=O) groups is 4. The van der Waals surface area contributed by atoms with Crippen LogP contribution in [0, 0.1) is 23.7 Å². The highest BCUT2D eigenvalue weighted by atomic mass is 31.2. The van der Waals surface area contributed by atoms with Gasteiger partial charge in [-0.05, 0) is 49.4 Å². The first-order valence-corrected chi connectivity index (χ1v) is 39.7. The van der Waals surface area contributed by atoms with Crippen molar-refractivity contribution in [3.8, 4) is 0 Å². The van der Waals surface area contributed by atoms with Crippen LogP contribution in [0.5, 0.6) is 0 Å². The molecule has 0 heterocycles. The summed E-state index contributed by atoms with van der Waals surface area (Å²) in [6.45, 7) is 14.1. The third-order valence-corrected chi connectivity index (χ3v) is 18.2. The van der Waals surface area contributed by atoms with Gasteiger partial charge in [-0.15, -0.1) is 0 Å². The normalized spacial score (nSPS) is 14.3. The molecule has 90 heavy (non-hydrogen) atoms. The highest BCUT2D eigenvalue weighted by Crippen LogP contribution is 2.45. The van der Waals surface area contributed by atoms with E-state index in [4.69, 9.17) is 37.0 Å². The van der Waals surface area contributed by atoms with Gasteiger partial charge in [0, 0.05) is 25.7 Å². The molecule has 0 aliphatic carbocycles. The van der Waals surface area contributed by atoms with Crippen LogP contribution in [0.4, 0.5) is 0 Å². The molecule has 0 radical (unpaired) electrons. The van der Waals surface area contributed by atoms with E-state index < -0.39 is 97.5 Å². The number of phosphoric acid groups is 2. The van der Waals surface area contributed by atoms with Gasteiger partial charge in [0.2, 0.25) is 0 Å². The predicted octanol–water partition coefficient (Wildman–Crippen LogP) is 20.1. The van der Waals surface area contributed by atoms with E-state index in [2.05, 4.69) is 55.4 Å². The van der Waals surface area contributed by atoms with Crippen LogP contribution in [0.25, 0.3) is 0 Å². The highest BCUT2D eigenvalue weighted by Gasteiger charge is 2.30. The van der Waals surface area contributed by atoms with Gasteiger partial charge in [0.15, 0.2) is 12.2 Å². The molecule has 0 aliphatic rings. The summed E-state index contributed by atoms with van der Waals surface area (Å²) < 4.78 is 68.3. The van der Waals surface area contributed by atoms with E-state index in [1.165, 1.54) is 154 Å². The van der Waals surface area contributed by atoms with E-state index in [9.17, 15) is 43.2 Å². The number of carbonyl (C=O) groups excluding carboxylic acids is 4. The summed E-state index contributed by atoms with van der Waals surface area (Å²) in [5, 5.41) is 10.6. The van der Waals surface area contributed by atoms with Gasteiger partial charge in [0.1, 0.15) is 19.3 Å². The van der Waals surface area contributed by atoms with Gasteiger partial charge >= 0.3 is 39.5 Å². The van der Waals surface area contributed by atoms with Crippen molar-refractivity contribution in [3.63, 3.8) is 0 Å². The van der Waals surface area contributed by atoms with Crippen molar-refractivity contribution < 1.29 is 80.2 Å². The lowest BCUT2D eigenvalue weighted by molar-refractivity contribution is -0.161. The van der Waals surface area contributed by atoms with Crippen molar-refractivity contribution >= 4 is 39.5 Å². The van der Waals surface area contributed by atoms with Crippen LogP contribution in [0.3, 0.4) is 0 Å². The summed E-state index contributed by atoms with van der Waals surface area (Å²) in [6.07, 6.45) is 43.2. The fourth-order valence-electron chi connectivity index (χ4n) is 10.7. The second-order valence-electron chi connectivity index (χ2n) is 27.5. The Balaban J connectivity index is 5.24. The lowest BCUT2D eigenvalue weighted by Gasteiger charge is -2.21. The maximum Gasteiger partial charge on any atom is 0.472 e. The van der Waals surface area contributed by atoms with Gasteiger partial charge in [0.25, 0.3) is 0 Å². The molecule has 0 rings (SSSR count). The molecule has 0 fully saturated rings. The van der Waals surface area contributed by atoms with Crippen LogP contribution in [-0.4, -0.2) is 96.7 Å². The minimum atomic E-state index is -4.95. The molecule has 0 aromatic carbocycles. The van der Waals surface area contributed by atoms with Gasteiger partial charge in [-0.3, -0.25) is 37.3 Å². The molecule has 3 unspecified atom stereocenters. The molecule has 0 saturated carbocycles. The number of aliphatic hydroxyl groups is 1. The van der Waals surface area contributed by atoms with Gasteiger partial charge in [0.05, 0.1) is 26.4 Å². The number of ether oxygens (including phenoxy) is 4. The molecule has 0 aromatic rings. The summed E-state index contributed by atoms with van der Waals surface area (Å²) in [4.78, 5) is 72.5. The fraction of sp³-hybridized carbons (Fsp3) is 0.944. The first kappa shape index (κ1) is 88.1. The quantitative estimate of drug-likeness (QED) is 0.0222. The fourth-order valence-corrected chi connectivity index (χ4v) is 12.2. The van der Waals surface area contributed by atoms with E-state index in [1.54, 1.807) is 0 Å². The topological polar surface area (TPSA) is 237 Å². The maximum atomic E-state index is 13.0. The standard InChI is InChI=1S/C71H138O17P2/c1-61(2)47-39-31-23-16-13-11-9-10-12-14-18-29-37-45-53-70(75)87-66(57-81-68(73)51-43-35-27-19-15-17-24-32-40-48-62(3)4)59-85-89(77,78)83-55-65(72)56-84-90(79,80)86-60-67(88-71(76)54-46-38-30-22-26-34-42-50-64(7)8)58-82-69(74)52-44-36-28-21-20-25-33-41-49-63(5)6/h61-67,72H,9-60H2,1-8H3,(H,77,78)(H,79,80)/t65?,66-,67-/m1/s1. The smallest absolute Gasteiger partial charge is 0.462 e. The number of esters is 4. The van der Waals surface area contributed by atoms with E-state index in [0.717, 1.165) is 108 Å². The van der Waals surface area contributed by atoms with Crippen LogP contribution in [0.15, 0.2) is 0 Å². The SMILES string of the molecule is CC(C)CCCCCCCCCCCCCCCCC(=O)O[C@H](COC(=O)CCCCCCCCCCCC(C)C)COP(=O)(O)OCC(O)COP(=O)(O)OC[C@@H](COC(=O)CCCCCCCCCCC(C)C)OC(=O)CCCCCCCCCC(C)C. The molecule has 0 aliphatic heterocycles. The third kappa shape index (κ3) is 64.8. The molecule has 3 N–H and O–H groups in total. The van der Waals surface area contributed by atoms with Crippen molar-refractivity contribution in [2.45, 2.75) is 369 Å². The molecule has 0 spiro atoms. The zero-order valence-electron chi connectivity index (χ0n) is 58.8. The first-order valence-electron chi connectivity index (χ1n) is 36.7. The van der Waals surface area contributed by atoms with Crippen LogP contribution in [-0.2, 0) is 65.4 Å². The minimum absolute atomic E-state index is 0.102. The predicted molar refractivity (Wildman–Crippen MR) is 363 cm³/mol. The van der Waals surface area contributed by atoms with Crippen LogP contribution >= 0.6 is 15.6 Å². The van der Waals surface area contributed by atoms with Gasteiger partial charge < -0.3 is 33.8 Å². The van der Waals surface area contributed by atoms with E-state index >= 15 is 0 Å². The van der Waals surface area contributed by atoms with Crippen molar-refractivity contribution in [2.24, 2.45) is 23.7 Å². The van der Waals surface area contributed by atoms with Gasteiger partial charge in [-0.25, -0.2) is 9.13 Å². The second kappa shape index (κ2) is 60.7. The minimum Gasteiger partial charge on any atom is -0.462 e. The lowest BCUT2D eigenvalue weighted by atomic mass is 10.0. The van der Waals surface area contributed by atoms with Crippen LogP contribution < -0.4 is 0 Å². The Morgan fingerprint density at radius 3 is 0.689 bits per heavy atom. The number of hydrogen-bond donors (Lipinski definition) is 3. The first-order chi connectivity index (χ1) is 43.1. The average Bonchev–Trinajstić information content (AvgIpc) is 2.81. The summed E-state index contributed by atoms with van der Waals surface area (Å²) in [7, 11) is -9.90. The summed E-state index contributed by atoms with van der Waals surface area (Å²) in [5.74, 6) is 0.831. The maximum absolute atomic E-state index is 13.0. The molecule has 19 heteroatoms. The summed E-state index contributed by atoms with van der Waals surface area (Å²) in [5.41, 5.74) is 0. The number of rotatable bonds is 68. The molecule has 17 nitrogen and oxygen atoms in total. The summed E-state index contributed by atoms with van der Waals surface area (Å²) in [6, 6.07) is 0. The monoisotopic (exact) mass is 1320 g/mol. The molecule has 0 bridgehead atoms. The van der Waals surface area contributed by atoms with Crippen molar-refractivity contribution in [1.82, 2.24) is 0 Å². The zero-order chi connectivity index (χ0) is 66.8. The van der Waals surface area contributed by atoms with Crippen molar-refractivity contribution in [2.75, 3.05) is 39.6 Å². The molecule has 534 valence electrons. The Bertz CT molecular complexity index is 1780. The van der Waals surface area contributed by atoms with E-state index in [-0.39, 0.29) is 25.7 Å². The molecule has 5 atom stereocenters. The Hall–Kier alpha value is -1.94. The van der Waals surface area contributed by atoms with Crippen LogP contribution in [0.2, 0.25) is 0 Å². The molecule has 0 amide bonds.